The van der Waals surface area contributed by atoms with E-state index in [2.05, 4.69) is 15.1 Å². The molecule has 1 atom stereocenters. The highest BCUT2D eigenvalue weighted by atomic mass is 32.2. The largest absolute Gasteiger partial charge is 0.298 e. The predicted octanol–water partition coefficient (Wildman–Crippen LogP) is 0.187. The molecule has 0 aromatic carbocycles. The number of fused-ring (bicyclic) bond motifs is 1. The Kier molecular flexibility index (Phi) is 2.91. The zero-order valence-corrected chi connectivity index (χ0v) is 11.3. The fourth-order valence-electron chi connectivity index (χ4n) is 2.92. The summed E-state index contributed by atoms with van der Waals surface area (Å²) < 4.78 is 26.6. The highest BCUT2D eigenvalue weighted by Crippen LogP contribution is 2.26. The van der Waals surface area contributed by atoms with Crippen molar-refractivity contribution in [3.63, 3.8) is 0 Å². The van der Waals surface area contributed by atoms with E-state index in [1.807, 2.05) is 0 Å². The quantitative estimate of drug-likeness (QED) is 0.833. The molecule has 2 fully saturated rings. The van der Waals surface area contributed by atoms with Gasteiger partial charge in [-0.2, -0.15) is 9.40 Å². The van der Waals surface area contributed by atoms with Gasteiger partial charge in [0.2, 0.25) is 10.0 Å². The van der Waals surface area contributed by atoms with Crippen molar-refractivity contribution in [1.29, 1.82) is 0 Å². The predicted molar refractivity (Wildman–Crippen MR) is 66.7 cm³/mol. The van der Waals surface area contributed by atoms with Crippen LogP contribution in [-0.4, -0.2) is 60.0 Å². The fourth-order valence-corrected chi connectivity index (χ4v) is 4.51. The van der Waals surface area contributed by atoms with Crippen molar-refractivity contribution in [1.82, 2.24) is 19.4 Å². The lowest BCUT2D eigenvalue weighted by molar-refractivity contribution is 0.158. The number of nitrogens with zero attached hydrogens (tertiary/aromatic N) is 3. The van der Waals surface area contributed by atoms with Gasteiger partial charge in [0, 0.05) is 25.7 Å². The third-order valence-electron chi connectivity index (χ3n) is 3.95. The summed E-state index contributed by atoms with van der Waals surface area (Å²) in [4.78, 5) is 2.71. The van der Waals surface area contributed by atoms with Crippen LogP contribution < -0.4 is 0 Å². The van der Waals surface area contributed by atoms with Crippen LogP contribution in [0.3, 0.4) is 0 Å². The standard InChI is InChI=1S/C11H18N4O2S/c1-9-11(7-12-13-9)18(16,17)15-6-5-14-4-2-3-10(14)8-15/h7,10H,2-6,8H2,1H3,(H,12,13). The van der Waals surface area contributed by atoms with Crippen LogP contribution in [0.5, 0.6) is 0 Å². The highest BCUT2D eigenvalue weighted by Gasteiger charge is 2.37. The Morgan fingerprint density at radius 3 is 2.94 bits per heavy atom. The van der Waals surface area contributed by atoms with Gasteiger partial charge in [-0.05, 0) is 26.3 Å². The summed E-state index contributed by atoms with van der Waals surface area (Å²) >= 11 is 0. The van der Waals surface area contributed by atoms with Crippen molar-refractivity contribution >= 4 is 10.0 Å². The molecule has 1 unspecified atom stereocenters. The summed E-state index contributed by atoms with van der Waals surface area (Å²) in [7, 11) is -3.38. The first-order chi connectivity index (χ1) is 8.59. The topological polar surface area (TPSA) is 69.3 Å². The summed E-state index contributed by atoms with van der Waals surface area (Å²) in [5.74, 6) is 0. The van der Waals surface area contributed by atoms with Gasteiger partial charge >= 0.3 is 0 Å². The number of nitrogens with one attached hydrogen (secondary N) is 1. The van der Waals surface area contributed by atoms with E-state index in [0.717, 1.165) is 19.5 Å². The number of aryl methyl sites for hydroxylation is 1. The van der Waals surface area contributed by atoms with Crippen molar-refractivity contribution in [3.8, 4) is 0 Å². The maximum atomic E-state index is 12.5. The molecule has 3 rings (SSSR count). The smallest absolute Gasteiger partial charge is 0.246 e. The molecule has 0 spiro atoms. The Morgan fingerprint density at radius 1 is 1.39 bits per heavy atom. The maximum Gasteiger partial charge on any atom is 0.246 e. The van der Waals surface area contributed by atoms with E-state index in [9.17, 15) is 8.42 Å². The summed E-state index contributed by atoms with van der Waals surface area (Å²) in [6.45, 7) is 4.91. The third-order valence-corrected chi connectivity index (χ3v) is 5.93. The zero-order valence-electron chi connectivity index (χ0n) is 10.5. The first-order valence-corrected chi connectivity index (χ1v) is 7.77. The van der Waals surface area contributed by atoms with E-state index in [1.54, 1.807) is 11.2 Å². The van der Waals surface area contributed by atoms with Crippen LogP contribution in [0.4, 0.5) is 0 Å². The van der Waals surface area contributed by atoms with E-state index in [-0.39, 0.29) is 0 Å². The molecule has 100 valence electrons. The Morgan fingerprint density at radius 2 is 2.22 bits per heavy atom. The Labute approximate surface area is 107 Å². The number of aromatic amines is 1. The SMILES string of the molecule is Cc1[nH]ncc1S(=O)(=O)N1CCN2CCCC2C1. The van der Waals surface area contributed by atoms with Gasteiger partial charge in [-0.3, -0.25) is 10.00 Å². The van der Waals surface area contributed by atoms with Gasteiger partial charge in [-0.15, -0.1) is 0 Å². The molecule has 0 radical (unpaired) electrons. The van der Waals surface area contributed by atoms with Crippen LogP contribution in [0.2, 0.25) is 0 Å². The minimum atomic E-state index is -3.38. The van der Waals surface area contributed by atoms with E-state index < -0.39 is 10.0 Å². The lowest BCUT2D eigenvalue weighted by Crippen LogP contribution is -2.51. The second kappa shape index (κ2) is 4.32. The van der Waals surface area contributed by atoms with Gasteiger partial charge in [-0.25, -0.2) is 8.42 Å². The van der Waals surface area contributed by atoms with Crippen LogP contribution in [0.25, 0.3) is 0 Å². The van der Waals surface area contributed by atoms with E-state index >= 15 is 0 Å². The summed E-state index contributed by atoms with van der Waals surface area (Å²) in [5, 5.41) is 6.50. The monoisotopic (exact) mass is 270 g/mol. The summed E-state index contributed by atoms with van der Waals surface area (Å²) in [6, 6.07) is 0.403. The lowest BCUT2D eigenvalue weighted by Gasteiger charge is -2.36. The fraction of sp³-hybridized carbons (Fsp3) is 0.727. The van der Waals surface area contributed by atoms with Gasteiger partial charge < -0.3 is 0 Å². The molecular formula is C11H18N4O2S. The molecule has 0 bridgehead atoms. The normalized spacial score (nSPS) is 26.4. The molecule has 0 amide bonds. The second-order valence-corrected chi connectivity index (χ2v) is 6.96. The number of hydrogen-bond acceptors (Lipinski definition) is 4. The van der Waals surface area contributed by atoms with Crippen molar-refractivity contribution in [3.05, 3.63) is 11.9 Å². The van der Waals surface area contributed by atoms with E-state index in [4.69, 9.17) is 0 Å². The van der Waals surface area contributed by atoms with Gasteiger partial charge in [0.25, 0.3) is 0 Å². The summed E-state index contributed by atoms with van der Waals surface area (Å²) in [5.41, 5.74) is 0.615. The van der Waals surface area contributed by atoms with Crippen LogP contribution in [0.1, 0.15) is 18.5 Å². The molecule has 7 heteroatoms. The molecule has 3 heterocycles. The molecule has 6 nitrogen and oxygen atoms in total. The van der Waals surface area contributed by atoms with E-state index in [1.165, 1.54) is 12.6 Å². The summed E-state index contributed by atoms with van der Waals surface area (Å²) in [6.07, 6.45) is 3.70. The highest BCUT2D eigenvalue weighted by molar-refractivity contribution is 7.89. The van der Waals surface area contributed by atoms with Gasteiger partial charge in [-0.1, -0.05) is 0 Å². The number of hydrogen-bond donors (Lipinski definition) is 1. The average molecular weight is 270 g/mol. The molecule has 2 saturated heterocycles. The molecule has 2 aliphatic rings. The molecule has 1 aromatic rings. The first-order valence-electron chi connectivity index (χ1n) is 6.33. The first kappa shape index (κ1) is 12.1. The molecule has 2 aliphatic heterocycles. The maximum absolute atomic E-state index is 12.5. The van der Waals surface area contributed by atoms with Gasteiger partial charge in [0.05, 0.1) is 11.9 Å². The van der Waals surface area contributed by atoms with Crippen LogP contribution >= 0.6 is 0 Å². The third kappa shape index (κ3) is 1.86. The zero-order chi connectivity index (χ0) is 12.8. The molecule has 1 N–H and O–H groups in total. The minimum Gasteiger partial charge on any atom is -0.298 e. The molecule has 18 heavy (non-hydrogen) atoms. The molecule has 0 saturated carbocycles. The Bertz CT molecular complexity index is 539. The average Bonchev–Trinajstić information content (AvgIpc) is 2.95. The Balaban J connectivity index is 1.85. The Hall–Kier alpha value is -0.920. The molecule has 1 aromatic heterocycles. The second-order valence-electron chi connectivity index (χ2n) is 5.05. The number of piperazine rings is 1. The van der Waals surface area contributed by atoms with Crippen LogP contribution in [0, 0.1) is 6.92 Å². The molecular weight excluding hydrogens is 252 g/mol. The van der Waals surface area contributed by atoms with Crippen molar-refractivity contribution in [2.45, 2.75) is 30.7 Å². The van der Waals surface area contributed by atoms with Gasteiger partial charge in [0.15, 0.2) is 0 Å². The van der Waals surface area contributed by atoms with Crippen molar-refractivity contribution in [2.75, 3.05) is 26.2 Å². The number of H-pyrrole nitrogens is 1. The number of rotatable bonds is 2. The minimum absolute atomic E-state index is 0.314. The van der Waals surface area contributed by atoms with E-state index in [0.29, 0.717) is 29.7 Å². The molecule has 0 aliphatic carbocycles. The number of sulfonamides is 1. The lowest BCUT2D eigenvalue weighted by atomic mass is 10.2. The van der Waals surface area contributed by atoms with Crippen molar-refractivity contribution in [2.24, 2.45) is 0 Å². The van der Waals surface area contributed by atoms with Gasteiger partial charge in [0.1, 0.15) is 4.90 Å². The van der Waals surface area contributed by atoms with Crippen molar-refractivity contribution < 1.29 is 8.42 Å². The van der Waals surface area contributed by atoms with Crippen LogP contribution in [0.15, 0.2) is 11.1 Å². The number of aromatic nitrogens is 2. The van der Waals surface area contributed by atoms with Crippen LogP contribution in [-0.2, 0) is 10.0 Å².